The third-order valence-corrected chi connectivity index (χ3v) is 2.95. The van der Waals surface area contributed by atoms with Gasteiger partial charge in [-0.25, -0.2) is 18.9 Å². The van der Waals surface area contributed by atoms with Crippen molar-refractivity contribution in [1.29, 1.82) is 0 Å². The second-order valence-corrected chi connectivity index (χ2v) is 5.94. The van der Waals surface area contributed by atoms with Crippen LogP contribution in [0.3, 0.4) is 0 Å². The number of alkyl halides is 1. The van der Waals surface area contributed by atoms with Gasteiger partial charge in [-0.2, -0.15) is 0 Å². The molecule has 0 aromatic rings. The van der Waals surface area contributed by atoms with Gasteiger partial charge in [-0.3, -0.25) is 0 Å². The first-order valence-electron chi connectivity index (χ1n) is 6.08. The lowest BCUT2D eigenvalue weighted by Crippen LogP contribution is -2.43. The highest BCUT2D eigenvalue weighted by atomic mass is 19.1. The van der Waals surface area contributed by atoms with E-state index >= 15 is 0 Å². The number of halogens is 1. The number of ether oxygens (including phenoxy) is 2. The third kappa shape index (κ3) is 2.91. The zero-order valence-corrected chi connectivity index (χ0v) is 10.9. The molecule has 1 saturated heterocycles. The van der Waals surface area contributed by atoms with Gasteiger partial charge in [-0.15, -0.1) is 0 Å². The summed E-state index contributed by atoms with van der Waals surface area (Å²) in [5.41, 5.74) is -1.93. The van der Waals surface area contributed by atoms with Gasteiger partial charge in [0.2, 0.25) is 0 Å². The molecule has 18 heavy (non-hydrogen) atoms. The van der Waals surface area contributed by atoms with Crippen LogP contribution in [0.5, 0.6) is 0 Å². The maximum absolute atomic E-state index is 13.7. The van der Waals surface area contributed by atoms with Crippen molar-refractivity contribution in [2.45, 2.75) is 57.3 Å². The second-order valence-electron chi connectivity index (χ2n) is 5.94. The average molecular weight is 259 g/mol. The molecule has 2 aliphatic rings. The third-order valence-electron chi connectivity index (χ3n) is 2.95. The van der Waals surface area contributed by atoms with Crippen molar-refractivity contribution in [2.75, 3.05) is 6.61 Å². The molecule has 0 radical (unpaired) electrons. The molecular formula is C12H18FNO4. The maximum Gasteiger partial charge on any atom is 0.420 e. The van der Waals surface area contributed by atoms with E-state index in [0.717, 1.165) is 4.90 Å². The predicted octanol–water partition coefficient (Wildman–Crippen LogP) is 2.63. The number of hydrogen-bond acceptors (Lipinski definition) is 4. The Labute approximate surface area is 105 Å². The van der Waals surface area contributed by atoms with Crippen molar-refractivity contribution in [3.8, 4) is 0 Å². The van der Waals surface area contributed by atoms with E-state index in [9.17, 15) is 14.0 Å². The molecule has 1 saturated carbocycles. The maximum atomic E-state index is 13.7. The zero-order chi connectivity index (χ0) is 13.6. The van der Waals surface area contributed by atoms with Gasteiger partial charge in [0.15, 0.2) is 0 Å². The van der Waals surface area contributed by atoms with Gasteiger partial charge in [-0.1, -0.05) is 0 Å². The minimum atomic E-state index is -1.24. The molecule has 6 heteroatoms. The van der Waals surface area contributed by atoms with E-state index in [0.29, 0.717) is 12.8 Å². The molecule has 1 unspecified atom stereocenters. The molecule has 2 amide bonds. The summed E-state index contributed by atoms with van der Waals surface area (Å²) >= 11 is 0. The Kier molecular flexibility index (Phi) is 2.99. The first-order valence-corrected chi connectivity index (χ1v) is 6.08. The summed E-state index contributed by atoms with van der Waals surface area (Å²) in [4.78, 5) is 24.3. The Morgan fingerprint density at radius 2 is 2.17 bits per heavy atom. The summed E-state index contributed by atoms with van der Waals surface area (Å²) in [6.07, 6.45) is -0.407. The number of carbonyl (C=O) groups is 2. The van der Waals surface area contributed by atoms with Crippen LogP contribution in [-0.4, -0.2) is 41.0 Å². The summed E-state index contributed by atoms with van der Waals surface area (Å²) in [7, 11) is 0. The van der Waals surface area contributed by atoms with Gasteiger partial charge >= 0.3 is 12.2 Å². The lowest BCUT2D eigenvalue weighted by atomic mass is 10.1. The molecule has 0 N–H and O–H groups in total. The number of carbonyl (C=O) groups excluding carboxylic acids is 2. The van der Waals surface area contributed by atoms with E-state index < -0.39 is 29.5 Å². The highest BCUT2D eigenvalue weighted by molar-refractivity contribution is 5.89. The molecule has 5 nitrogen and oxygen atoms in total. The van der Waals surface area contributed by atoms with Crippen molar-refractivity contribution in [3.63, 3.8) is 0 Å². The van der Waals surface area contributed by atoms with Crippen LogP contribution in [-0.2, 0) is 9.47 Å². The molecule has 2 fully saturated rings. The SMILES string of the molecule is CC(C)(C)OC(=O)N1C(=O)OCC1CC1(F)CC1. The van der Waals surface area contributed by atoms with Crippen LogP contribution >= 0.6 is 0 Å². The molecule has 1 heterocycles. The Hall–Kier alpha value is -1.33. The van der Waals surface area contributed by atoms with Crippen LogP contribution in [0.15, 0.2) is 0 Å². The number of rotatable bonds is 2. The summed E-state index contributed by atoms with van der Waals surface area (Å²) in [6.45, 7) is 5.17. The summed E-state index contributed by atoms with van der Waals surface area (Å²) < 4.78 is 23.6. The average Bonchev–Trinajstić information content (AvgIpc) is 2.78. The molecule has 0 aromatic carbocycles. The summed E-state index contributed by atoms with van der Waals surface area (Å²) in [6, 6.07) is -0.556. The van der Waals surface area contributed by atoms with Crippen LogP contribution in [0.1, 0.15) is 40.0 Å². The fourth-order valence-electron chi connectivity index (χ4n) is 1.91. The van der Waals surface area contributed by atoms with Crippen LogP contribution in [0, 0.1) is 0 Å². The monoisotopic (exact) mass is 259 g/mol. The first kappa shape index (κ1) is 13.1. The summed E-state index contributed by atoms with van der Waals surface area (Å²) in [5.74, 6) is 0. The molecule has 2 rings (SSSR count). The fourth-order valence-corrected chi connectivity index (χ4v) is 1.91. The molecule has 1 aliphatic carbocycles. The Balaban J connectivity index is 2.02. The van der Waals surface area contributed by atoms with Gasteiger partial charge in [-0.05, 0) is 33.6 Å². The lowest BCUT2D eigenvalue weighted by Gasteiger charge is -2.25. The molecule has 0 spiro atoms. The van der Waals surface area contributed by atoms with E-state index in [1.165, 1.54) is 0 Å². The largest absolute Gasteiger partial charge is 0.447 e. The molecule has 0 aromatic heterocycles. The standard InChI is InChI=1S/C12H18FNO4/c1-11(2,3)18-10(16)14-8(7-17-9(14)15)6-12(13)4-5-12/h8H,4-7H2,1-3H3. The van der Waals surface area contributed by atoms with Crippen molar-refractivity contribution in [3.05, 3.63) is 0 Å². The van der Waals surface area contributed by atoms with E-state index in [-0.39, 0.29) is 13.0 Å². The molecule has 1 aliphatic heterocycles. The van der Waals surface area contributed by atoms with E-state index in [4.69, 9.17) is 9.47 Å². The quantitative estimate of drug-likeness (QED) is 0.765. The molecule has 102 valence electrons. The van der Waals surface area contributed by atoms with Crippen molar-refractivity contribution < 1.29 is 23.5 Å². The van der Waals surface area contributed by atoms with Crippen molar-refractivity contribution in [1.82, 2.24) is 4.90 Å². The van der Waals surface area contributed by atoms with E-state index in [1.807, 2.05) is 0 Å². The molecular weight excluding hydrogens is 241 g/mol. The van der Waals surface area contributed by atoms with Crippen LogP contribution in [0.2, 0.25) is 0 Å². The van der Waals surface area contributed by atoms with E-state index in [1.54, 1.807) is 20.8 Å². The van der Waals surface area contributed by atoms with Crippen molar-refractivity contribution in [2.24, 2.45) is 0 Å². The number of imide groups is 1. The van der Waals surface area contributed by atoms with Crippen LogP contribution in [0.4, 0.5) is 14.0 Å². The smallest absolute Gasteiger partial charge is 0.420 e. The van der Waals surface area contributed by atoms with Crippen molar-refractivity contribution >= 4 is 12.2 Å². The Morgan fingerprint density at radius 3 is 2.67 bits per heavy atom. The van der Waals surface area contributed by atoms with Gasteiger partial charge in [0.05, 0.1) is 6.04 Å². The number of hydrogen-bond donors (Lipinski definition) is 0. The normalized spacial score (nSPS) is 25.9. The van der Waals surface area contributed by atoms with E-state index in [2.05, 4.69) is 0 Å². The van der Waals surface area contributed by atoms with Gasteiger partial charge < -0.3 is 9.47 Å². The minimum Gasteiger partial charge on any atom is -0.447 e. The minimum absolute atomic E-state index is 0.0454. The van der Waals surface area contributed by atoms with Gasteiger partial charge in [0.25, 0.3) is 0 Å². The number of amides is 2. The predicted molar refractivity (Wildman–Crippen MR) is 60.9 cm³/mol. The molecule has 0 bridgehead atoms. The highest BCUT2D eigenvalue weighted by Crippen LogP contribution is 2.45. The topological polar surface area (TPSA) is 55.8 Å². The lowest BCUT2D eigenvalue weighted by molar-refractivity contribution is 0.0272. The number of cyclic esters (lactones) is 1. The number of nitrogens with zero attached hydrogens (tertiary/aromatic N) is 1. The second kappa shape index (κ2) is 4.10. The fraction of sp³-hybridized carbons (Fsp3) is 0.833. The first-order chi connectivity index (χ1) is 8.20. The van der Waals surface area contributed by atoms with Gasteiger partial charge in [0, 0.05) is 6.42 Å². The van der Waals surface area contributed by atoms with Crippen LogP contribution < -0.4 is 0 Å². The molecule has 1 atom stereocenters. The Bertz CT molecular complexity index is 373. The highest BCUT2D eigenvalue weighted by Gasteiger charge is 2.50. The zero-order valence-electron chi connectivity index (χ0n) is 10.9. The summed E-state index contributed by atoms with van der Waals surface area (Å²) in [5, 5.41) is 0. The van der Waals surface area contributed by atoms with Crippen LogP contribution in [0.25, 0.3) is 0 Å². The van der Waals surface area contributed by atoms with Gasteiger partial charge in [0.1, 0.15) is 17.9 Å². The Morgan fingerprint density at radius 1 is 1.56 bits per heavy atom.